The van der Waals surface area contributed by atoms with Crippen molar-refractivity contribution in [2.24, 2.45) is 23.3 Å². The number of H-pyrrole nitrogens is 1. The summed E-state index contributed by atoms with van der Waals surface area (Å²) in [6.45, 7) is 6.95. The number of amides is 4. The maximum absolute atomic E-state index is 13.5. The van der Waals surface area contributed by atoms with Gasteiger partial charge in [0.15, 0.2) is 0 Å². The molecule has 0 aliphatic carbocycles. The smallest absolute Gasteiger partial charge is 0.326 e. The highest BCUT2D eigenvalue weighted by molar-refractivity contribution is 5.95. The van der Waals surface area contributed by atoms with Crippen LogP contribution in [0, 0.1) is 11.8 Å². The number of primary amides is 1. The minimum atomic E-state index is -1.36. The van der Waals surface area contributed by atoms with Crippen molar-refractivity contribution in [3.8, 4) is 0 Å². The number of benzene rings is 1. The van der Waals surface area contributed by atoms with E-state index in [1.807, 2.05) is 24.3 Å². The molecule has 2 aromatic rings. The Hall–Kier alpha value is -3.93. The van der Waals surface area contributed by atoms with E-state index >= 15 is 0 Å². The zero-order chi connectivity index (χ0) is 28.6. The molecule has 4 atom stereocenters. The van der Waals surface area contributed by atoms with Gasteiger partial charge < -0.3 is 37.5 Å². The number of nitrogens with two attached hydrogens (primary N) is 2. The summed E-state index contributed by atoms with van der Waals surface area (Å²) >= 11 is 0. The van der Waals surface area contributed by atoms with Crippen molar-refractivity contribution in [3.05, 3.63) is 36.0 Å². The van der Waals surface area contributed by atoms with Crippen LogP contribution in [0.1, 0.15) is 46.1 Å². The van der Waals surface area contributed by atoms with E-state index in [1.54, 1.807) is 33.9 Å². The second-order valence-electron chi connectivity index (χ2n) is 10.0. The summed E-state index contributed by atoms with van der Waals surface area (Å²) in [6.07, 6.45) is 1.45. The van der Waals surface area contributed by atoms with Gasteiger partial charge in [0.25, 0.3) is 0 Å². The number of hydrogen-bond donors (Lipinski definition) is 7. The molecule has 12 nitrogen and oxygen atoms in total. The molecule has 0 spiro atoms. The van der Waals surface area contributed by atoms with Crippen LogP contribution in [0.15, 0.2) is 30.5 Å². The van der Waals surface area contributed by atoms with Crippen molar-refractivity contribution < 1.29 is 29.1 Å². The first-order chi connectivity index (χ1) is 17.8. The number of fused-ring (bicyclic) bond motifs is 1. The lowest BCUT2D eigenvalue weighted by Gasteiger charge is -2.27. The lowest BCUT2D eigenvalue weighted by atomic mass is 9.99. The number of nitrogens with one attached hydrogen (secondary N) is 4. The average molecular weight is 531 g/mol. The lowest BCUT2D eigenvalue weighted by molar-refractivity contribution is -0.143. The average Bonchev–Trinajstić information content (AvgIpc) is 3.25. The fourth-order valence-electron chi connectivity index (χ4n) is 3.89. The predicted molar refractivity (Wildman–Crippen MR) is 142 cm³/mol. The molecule has 0 saturated heterocycles. The summed E-state index contributed by atoms with van der Waals surface area (Å²) in [5, 5.41) is 18.0. The third-order valence-corrected chi connectivity index (χ3v) is 6.29. The van der Waals surface area contributed by atoms with Gasteiger partial charge in [-0.15, -0.1) is 0 Å². The molecule has 4 unspecified atom stereocenters. The normalized spacial score (nSPS) is 14.5. The number of hydrogen-bond acceptors (Lipinski definition) is 6. The van der Waals surface area contributed by atoms with Crippen molar-refractivity contribution in [3.63, 3.8) is 0 Å². The quantitative estimate of drug-likeness (QED) is 0.180. The summed E-state index contributed by atoms with van der Waals surface area (Å²) in [4.78, 5) is 65.0. The summed E-state index contributed by atoms with van der Waals surface area (Å²) < 4.78 is 0. The Bertz CT molecular complexity index is 1160. The van der Waals surface area contributed by atoms with Gasteiger partial charge in [-0.3, -0.25) is 19.2 Å². The molecule has 1 aromatic heterocycles. The Morgan fingerprint density at radius 3 is 2.11 bits per heavy atom. The molecule has 1 heterocycles. The molecule has 9 N–H and O–H groups in total. The number of aromatic amines is 1. The van der Waals surface area contributed by atoms with Crippen molar-refractivity contribution in [1.29, 1.82) is 0 Å². The Labute approximate surface area is 221 Å². The minimum absolute atomic E-state index is 0.120. The van der Waals surface area contributed by atoms with Gasteiger partial charge in [0.1, 0.15) is 18.1 Å². The highest BCUT2D eigenvalue weighted by atomic mass is 16.4. The molecule has 0 fully saturated rings. The predicted octanol–water partition coefficient (Wildman–Crippen LogP) is 0.154. The van der Waals surface area contributed by atoms with E-state index in [0.717, 1.165) is 16.5 Å². The van der Waals surface area contributed by atoms with Gasteiger partial charge in [0.2, 0.25) is 23.6 Å². The van der Waals surface area contributed by atoms with Gasteiger partial charge in [0.05, 0.1) is 6.04 Å². The molecule has 0 saturated carbocycles. The fourth-order valence-corrected chi connectivity index (χ4v) is 3.89. The van der Waals surface area contributed by atoms with E-state index in [0.29, 0.717) is 0 Å². The Balaban J connectivity index is 2.27. The maximum Gasteiger partial charge on any atom is 0.326 e. The Morgan fingerprint density at radius 1 is 0.895 bits per heavy atom. The molecule has 4 amide bonds. The van der Waals surface area contributed by atoms with Crippen molar-refractivity contribution in [1.82, 2.24) is 20.9 Å². The Kier molecular flexibility index (Phi) is 10.8. The third kappa shape index (κ3) is 8.30. The molecule has 208 valence electrons. The fraction of sp³-hybridized carbons (Fsp3) is 0.500. The van der Waals surface area contributed by atoms with Gasteiger partial charge in [-0.1, -0.05) is 45.9 Å². The first-order valence-electron chi connectivity index (χ1n) is 12.5. The third-order valence-electron chi connectivity index (χ3n) is 6.29. The number of carboxylic acid groups (broad SMARTS) is 1. The largest absolute Gasteiger partial charge is 0.480 e. The zero-order valence-corrected chi connectivity index (χ0v) is 22.1. The molecule has 0 bridgehead atoms. The van der Waals surface area contributed by atoms with E-state index in [1.165, 1.54) is 0 Å². The summed E-state index contributed by atoms with van der Waals surface area (Å²) in [5.74, 6) is -4.50. The van der Waals surface area contributed by atoms with Crippen LogP contribution in [-0.2, 0) is 30.4 Å². The number of carboxylic acids is 1. The van der Waals surface area contributed by atoms with Crippen LogP contribution in [0.25, 0.3) is 10.9 Å². The summed E-state index contributed by atoms with van der Waals surface area (Å²) in [5.41, 5.74) is 12.7. The monoisotopic (exact) mass is 530 g/mol. The molecule has 0 radical (unpaired) electrons. The van der Waals surface area contributed by atoms with Crippen LogP contribution >= 0.6 is 0 Å². The molecule has 38 heavy (non-hydrogen) atoms. The highest BCUT2D eigenvalue weighted by Crippen LogP contribution is 2.19. The lowest BCUT2D eigenvalue weighted by Crippen LogP contribution is -2.59. The second kappa shape index (κ2) is 13.6. The molecular formula is C26H38N6O6. The second-order valence-corrected chi connectivity index (χ2v) is 10.0. The molecule has 0 aliphatic rings. The van der Waals surface area contributed by atoms with Crippen LogP contribution in [0.2, 0.25) is 0 Å². The van der Waals surface area contributed by atoms with Gasteiger partial charge in [0, 0.05) is 29.9 Å². The minimum Gasteiger partial charge on any atom is -0.480 e. The van der Waals surface area contributed by atoms with Gasteiger partial charge in [-0.25, -0.2) is 4.79 Å². The molecular weight excluding hydrogens is 492 g/mol. The highest BCUT2D eigenvalue weighted by Gasteiger charge is 2.32. The number of para-hydroxylation sites is 1. The zero-order valence-electron chi connectivity index (χ0n) is 22.1. The van der Waals surface area contributed by atoms with Crippen LogP contribution < -0.4 is 27.4 Å². The number of carbonyl (C=O) groups is 5. The van der Waals surface area contributed by atoms with E-state index in [4.69, 9.17) is 11.5 Å². The molecule has 1 aromatic carbocycles. The van der Waals surface area contributed by atoms with Crippen LogP contribution in [0.5, 0.6) is 0 Å². The first kappa shape index (κ1) is 30.3. The van der Waals surface area contributed by atoms with Gasteiger partial charge >= 0.3 is 5.97 Å². The molecule has 0 aliphatic heterocycles. The van der Waals surface area contributed by atoms with Crippen molar-refractivity contribution in [2.75, 3.05) is 0 Å². The molecule has 2 rings (SSSR count). The van der Waals surface area contributed by atoms with E-state index < -0.39 is 59.7 Å². The summed E-state index contributed by atoms with van der Waals surface area (Å²) in [7, 11) is 0. The van der Waals surface area contributed by atoms with Gasteiger partial charge in [-0.2, -0.15) is 0 Å². The number of rotatable bonds is 14. The standard InChI is InChI=1S/C26H38N6O6/c1-13(2)21(28)24(35)31-19(11-15-12-29-17-8-6-5-7-16(15)17)23(34)32-22(14(3)4)25(36)30-18(26(37)38)9-10-20(27)33/h5-8,12-14,18-19,21-22,29H,9-11,28H2,1-4H3,(H2,27,33)(H,30,36)(H,31,35)(H,32,34)(H,37,38). The number of aromatic nitrogens is 1. The number of aliphatic carboxylic acids is 1. The van der Waals surface area contributed by atoms with Crippen LogP contribution in [0.3, 0.4) is 0 Å². The van der Waals surface area contributed by atoms with E-state index in [-0.39, 0.29) is 25.2 Å². The van der Waals surface area contributed by atoms with E-state index in [9.17, 15) is 29.1 Å². The van der Waals surface area contributed by atoms with Crippen molar-refractivity contribution >= 4 is 40.5 Å². The number of carbonyl (C=O) groups excluding carboxylic acids is 4. The topological polar surface area (TPSA) is 209 Å². The first-order valence-corrected chi connectivity index (χ1v) is 12.5. The van der Waals surface area contributed by atoms with Crippen molar-refractivity contribution in [2.45, 2.75) is 71.1 Å². The molecule has 12 heteroatoms. The van der Waals surface area contributed by atoms with Crippen LogP contribution in [0.4, 0.5) is 0 Å². The Morgan fingerprint density at radius 2 is 1.53 bits per heavy atom. The van der Waals surface area contributed by atoms with Gasteiger partial charge in [-0.05, 0) is 29.9 Å². The SMILES string of the molecule is CC(C)C(N)C(=O)NC(Cc1c[nH]c2ccccc12)C(=O)NC(C(=O)NC(CCC(N)=O)C(=O)O)C(C)C. The van der Waals surface area contributed by atoms with E-state index in [2.05, 4.69) is 20.9 Å². The van der Waals surface area contributed by atoms with Crippen LogP contribution in [-0.4, -0.2) is 63.9 Å². The summed E-state index contributed by atoms with van der Waals surface area (Å²) in [6, 6.07) is 3.12. The maximum atomic E-state index is 13.5.